The van der Waals surface area contributed by atoms with E-state index in [4.69, 9.17) is 5.73 Å². The molecule has 0 saturated heterocycles. The first-order valence-electron chi connectivity index (χ1n) is 7.52. The standard InChI is InChI=1S/C17H21F2N3/c18-14-7-6-13(15(19)12-14)11-17-16(5-4-10-22-17)21-9-3-1-2-8-20/h4-7,10,12,21H,1-3,8-9,11,20H2. The first-order valence-corrected chi connectivity index (χ1v) is 7.52. The van der Waals surface area contributed by atoms with Gasteiger partial charge in [0.15, 0.2) is 0 Å². The normalized spacial score (nSPS) is 10.7. The minimum absolute atomic E-state index is 0.331. The Morgan fingerprint density at radius 1 is 1.09 bits per heavy atom. The van der Waals surface area contributed by atoms with Crippen LogP contribution in [0.2, 0.25) is 0 Å². The lowest BCUT2D eigenvalue weighted by atomic mass is 10.1. The molecule has 1 aromatic heterocycles. The van der Waals surface area contributed by atoms with Crippen LogP contribution < -0.4 is 11.1 Å². The minimum Gasteiger partial charge on any atom is -0.384 e. The summed E-state index contributed by atoms with van der Waals surface area (Å²) in [5.41, 5.74) is 7.54. The van der Waals surface area contributed by atoms with Gasteiger partial charge in [0.25, 0.3) is 0 Å². The Balaban J connectivity index is 2.01. The number of hydrogen-bond donors (Lipinski definition) is 2. The number of aromatic nitrogens is 1. The van der Waals surface area contributed by atoms with Gasteiger partial charge in [-0.15, -0.1) is 0 Å². The summed E-state index contributed by atoms with van der Waals surface area (Å²) < 4.78 is 26.7. The van der Waals surface area contributed by atoms with Gasteiger partial charge in [0.05, 0.1) is 11.4 Å². The number of halogens is 2. The quantitative estimate of drug-likeness (QED) is 0.734. The largest absolute Gasteiger partial charge is 0.384 e. The lowest BCUT2D eigenvalue weighted by Gasteiger charge is -2.11. The summed E-state index contributed by atoms with van der Waals surface area (Å²) in [5, 5.41) is 3.32. The molecule has 118 valence electrons. The molecule has 0 atom stereocenters. The molecule has 0 aliphatic rings. The fourth-order valence-electron chi connectivity index (χ4n) is 2.25. The zero-order valence-corrected chi connectivity index (χ0v) is 12.5. The van der Waals surface area contributed by atoms with Gasteiger partial charge in [-0.05, 0) is 43.1 Å². The zero-order valence-electron chi connectivity index (χ0n) is 12.5. The molecule has 5 heteroatoms. The van der Waals surface area contributed by atoms with E-state index in [-0.39, 0.29) is 0 Å². The van der Waals surface area contributed by atoms with Crippen molar-refractivity contribution in [2.45, 2.75) is 25.7 Å². The Hall–Kier alpha value is -2.01. The Labute approximate surface area is 129 Å². The molecule has 0 spiro atoms. The van der Waals surface area contributed by atoms with Crippen LogP contribution in [0.3, 0.4) is 0 Å². The number of anilines is 1. The Bertz CT molecular complexity index is 602. The van der Waals surface area contributed by atoms with Crippen LogP contribution in [-0.2, 0) is 6.42 Å². The van der Waals surface area contributed by atoms with Crippen LogP contribution in [0.1, 0.15) is 30.5 Å². The van der Waals surface area contributed by atoms with Crippen molar-refractivity contribution in [2.75, 3.05) is 18.4 Å². The average Bonchev–Trinajstić information content (AvgIpc) is 2.51. The molecule has 0 fully saturated rings. The third-order valence-electron chi connectivity index (χ3n) is 3.46. The molecule has 0 amide bonds. The molecular weight excluding hydrogens is 284 g/mol. The number of hydrogen-bond acceptors (Lipinski definition) is 3. The van der Waals surface area contributed by atoms with Crippen molar-refractivity contribution >= 4 is 5.69 Å². The molecule has 0 saturated carbocycles. The van der Waals surface area contributed by atoms with Crippen molar-refractivity contribution < 1.29 is 8.78 Å². The average molecular weight is 305 g/mol. The number of pyridine rings is 1. The molecule has 1 aromatic carbocycles. The van der Waals surface area contributed by atoms with Crippen LogP contribution in [0.4, 0.5) is 14.5 Å². The lowest BCUT2D eigenvalue weighted by Crippen LogP contribution is -2.07. The van der Waals surface area contributed by atoms with Gasteiger partial charge in [-0.2, -0.15) is 0 Å². The molecule has 1 heterocycles. The molecule has 3 nitrogen and oxygen atoms in total. The SMILES string of the molecule is NCCCCCNc1cccnc1Cc1ccc(F)cc1F. The number of nitrogens with two attached hydrogens (primary N) is 1. The van der Waals surface area contributed by atoms with Gasteiger partial charge < -0.3 is 11.1 Å². The van der Waals surface area contributed by atoms with Crippen molar-refractivity contribution in [2.24, 2.45) is 5.73 Å². The van der Waals surface area contributed by atoms with E-state index in [9.17, 15) is 8.78 Å². The first kappa shape index (κ1) is 16.4. The lowest BCUT2D eigenvalue weighted by molar-refractivity contribution is 0.574. The molecule has 0 aliphatic heterocycles. The van der Waals surface area contributed by atoms with Gasteiger partial charge in [0.2, 0.25) is 0 Å². The van der Waals surface area contributed by atoms with E-state index in [2.05, 4.69) is 10.3 Å². The second-order valence-corrected chi connectivity index (χ2v) is 5.19. The van der Waals surface area contributed by atoms with Gasteiger partial charge in [0, 0.05) is 25.2 Å². The Morgan fingerprint density at radius 2 is 1.95 bits per heavy atom. The second-order valence-electron chi connectivity index (χ2n) is 5.19. The molecule has 3 N–H and O–H groups in total. The van der Waals surface area contributed by atoms with Crippen molar-refractivity contribution in [1.29, 1.82) is 0 Å². The summed E-state index contributed by atoms with van der Waals surface area (Å²) in [6.07, 6.45) is 5.12. The van der Waals surface area contributed by atoms with Gasteiger partial charge in [-0.25, -0.2) is 8.78 Å². The maximum atomic E-state index is 13.8. The summed E-state index contributed by atoms with van der Waals surface area (Å²) in [7, 11) is 0. The summed E-state index contributed by atoms with van der Waals surface area (Å²) in [4.78, 5) is 4.31. The maximum absolute atomic E-state index is 13.8. The van der Waals surface area contributed by atoms with Crippen LogP contribution in [-0.4, -0.2) is 18.1 Å². The molecule has 22 heavy (non-hydrogen) atoms. The van der Waals surface area contributed by atoms with Crippen LogP contribution in [0.5, 0.6) is 0 Å². The number of unbranched alkanes of at least 4 members (excludes halogenated alkanes) is 2. The topological polar surface area (TPSA) is 50.9 Å². The second kappa shape index (κ2) is 8.44. The van der Waals surface area contributed by atoms with Gasteiger partial charge in [-0.3, -0.25) is 4.98 Å². The summed E-state index contributed by atoms with van der Waals surface area (Å²) in [5.74, 6) is -1.11. The zero-order chi connectivity index (χ0) is 15.8. The highest BCUT2D eigenvalue weighted by Gasteiger charge is 2.09. The van der Waals surface area contributed by atoms with Crippen molar-refractivity contribution in [3.8, 4) is 0 Å². The molecule has 0 bridgehead atoms. The number of nitrogens with one attached hydrogen (secondary N) is 1. The molecule has 0 radical (unpaired) electrons. The van der Waals surface area contributed by atoms with E-state index in [1.807, 2.05) is 12.1 Å². The van der Waals surface area contributed by atoms with E-state index in [0.717, 1.165) is 43.3 Å². The van der Waals surface area contributed by atoms with Crippen LogP contribution >= 0.6 is 0 Å². The van der Waals surface area contributed by atoms with Crippen LogP contribution in [0, 0.1) is 11.6 Å². The van der Waals surface area contributed by atoms with Gasteiger partial charge >= 0.3 is 0 Å². The summed E-state index contributed by atoms with van der Waals surface area (Å²) in [6.45, 7) is 1.53. The van der Waals surface area contributed by atoms with Crippen molar-refractivity contribution in [3.63, 3.8) is 0 Å². The fraction of sp³-hybridized carbons (Fsp3) is 0.353. The van der Waals surface area contributed by atoms with Crippen molar-refractivity contribution in [1.82, 2.24) is 4.98 Å². The van der Waals surface area contributed by atoms with Crippen LogP contribution in [0.25, 0.3) is 0 Å². The Morgan fingerprint density at radius 3 is 2.73 bits per heavy atom. The third-order valence-corrected chi connectivity index (χ3v) is 3.46. The Kier molecular flexibility index (Phi) is 6.27. The van der Waals surface area contributed by atoms with Crippen LogP contribution in [0.15, 0.2) is 36.5 Å². The number of rotatable bonds is 8. The number of nitrogens with zero attached hydrogens (tertiary/aromatic N) is 1. The maximum Gasteiger partial charge on any atom is 0.129 e. The highest BCUT2D eigenvalue weighted by atomic mass is 19.1. The monoisotopic (exact) mass is 305 g/mol. The smallest absolute Gasteiger partial charge is 0.129 e. The van der Waals surface area contributed by atoms with E-state index in [1.54, 1.807) is 6.20 Å². The van der Waals surface area contributed by atoms with Gasteiger partial charge in [0.1, 0.15) is 11.6 Å². The molecular formula is C17H21F2N3. The van der Waals surface area contributed by atoms with E-state index in [0.29, 0.717) is 18.5 Å². The predicted octanol–water partition coefficient (Wildman–Crippen LogP) is 3.49. The molecule has 0 aliphatic carbocycles. The fourth-order valence-corrected chi connectivity index (χ4v) is 2.25. The van der Waals surface area contributed by atoms with Crippen molar-refractivity contribution in [3.05, 3.63) is 59.4 Å². The van der Waals surface area contributed by atoms with E-state index < -0.39 is 11.6 Å². The van der Waals surface area contributed by atoms with E-state index in [1.165, 1.54) is 12.1 Å². The van der Waals surface area contributed by atoms with E-state index >= 15 is 0 Å². The predicted molar refractivity (Wildman–Crippen MR) is 84.8 cm³/mol. The minimum atomic E-state index is -0.569. The number of benzene rings is 1. The molecule has 2 aromatic rings. The summed E-state index contributed by atoms with van der Waals surface area (Å²) in [6, 6.07) is 7.39. The molecule has 2 rings (SSSR count). The first-order chi connectivity index (χ1) is 10.7. The third kappa shape index (κ3) is 4.77. The van der Waals surface area contributed by atoms with Gasteiger partial charge in [-0.1, -0.05) is 12.5 Å². The highest BCUT2D eigenvalue weighted by molar-refractivity contribution is 5.49. The highest BCUT2D eigenvalue weighted by Crippen LogP contribution is 2.19. The summed E-state index contributed by atoms with van der Waals surface area (Å²) >= 11 is 0. The molecule has 0 unspecified atom stereocenters.